The fourth-order valence-electron chi connectivity index (χ4n) is 1.80. The summed E-state index contributed by atoms with van der Waals surface area (Å²) >= 11 is 0. The molecule has 0 bridgehead atoms. The van der Waals surface area contributed by atoms with Crippen molar-refractivity contribution in [2.24, 2.45) is 5.84 Å². The molecule has 0 aliphatic carbocycles. The maximum Gasteiger partial charge on any atom is 0.243 e. The van der Waals surface area contributed by atoms with Crippen molar-refractivity contribution in [2.75, 3.05) is 28.7 Å². The Morgan fingerprint density at radius 2 is 1.67 bits per heavy atom. The van der Waals surface area contributed by atoms with E-state index in [2.05, 4.69) is 25.7 Å². The van der Waals surface area contributed by atoms with Crippen LogP contribution in [0.1, 0.15) is 13.8 Å². The standard InChI is InChI=1S/C13H18FN7/c1-3-21(4-2)13-18-11(17-12(19-13)20-15)16-10-7-5-9(14)6-8-10/h5-8H,3-4,15H2,1-2H3,(H2,16,17,18,19,20). The molecule has 0 saturated heterocycles. The van der Waals surface area contributed by atoms with Gasteiger partial charge in [0.15, 0.2) is 0 Å². The van der Waals surface area contributed by atoms with E-state index in [-0.39, 0.29) is 11.8 Å². The molecule has 0 aliphatic rings. The minimum absolute atomic E-state index is 0.261. The van der Waals surface area contributed by atoms with E-state index in [1.54, 1.807) is 12.1 Å². The quantitative estimate of drug-likeness (QED) is 0.553. The summed E-state index contributed by atoms with van der Waals surface area (Å²) < 4.78 is 12.9. The Kier molecular flexibility index (Phi) is 4.83. The Bertz CT molecular complexity index is 584. The molecule has 0 saturated carbocycles. The Hall–Kier alpha value is -2.48. The van der Waals surface area contributed by atoms with E-state index < -0.39 is 0 Å². The largest absolute Gasteiger partial charge is 0.341 e. The predicted octanol–water partition coefficient (Wildman–Crippen LogP) is 1.89. The Morgan fingerprint density at radius 1 is 1.05 bits per heavy atom. The highest BCUT2D eigenvalue weighted by Gasteiger charge is 2.10. The van der Waals surface area contributed by atoms with E-state index >= 15 is 0 Å². The molecule has 0 aliphatic heterocycles. The topological polar surface area (TPSA) is 92.0 Å². The van der Waals surface area contributed by atoms with Gasteiger partial charge in [-0.05, 0) is 38.1 Å². The normalized spacial score (nSPS) is 10.3. The molecule has 0 radical (unpaired) electrons. The summed E-state index contributed by atoms with van der Waals surface area (Å²) in [6.45, 7) is 5.55. The second-order valence-corrected chi connectivity index (χ2v) is 4.23. The molecule has 1 heterocycles. The van der Waals surface area contributed by atoms with Crippen LogP contribution < -0.4 is 21.5 Å². The highest BCUT2D eigenvalue weighted by molar-refractivity contribution is 5.55. The van der Waals surface area contributed by atoms with Crippen molar-refractivity contribution in [1.82, 2.24) is 15.0 Å². The molecular weight excluding hydrogens is 273 g/mol. The first-order chi connectivity index (χ1) is 10.2. The van der Waals surface area contributed by atoms with E-state index in [1.807, 2.05) is 18.7 Å². The van der Waals surface area contributed by atoms with Crippen LogP contribution in [0, 0.1) is 5.82 Å². The third-order valence-electron chi connectivity index (χ3n) is 2.90. The molecule has 2 rings (SSSR count). The van der Waals surface area contributed by atoms with Crippen LogP contribution >= 0.6 is 0 Å². The van der Waals surface area contributed by atoms with Crippen molar-refractivity contribution < 1.29 is 4.39 Å². The summed E-state index contributed by atoms with van der Waals surface area (Å²) in [4.78, 5) is 14.7. The van der Waals surface area contributed by atoms with Gasteiger partial charge >= 0.3 is 0 Å². The molecule has 1 aromatic heterocycles. The van der Waals surface area contributed by atoms with Crippen molar-refractivity contribution in [3.63, 3.8) is 0 Å². The number of hydrogen-bond acceptors (Lipinski definition) is 7. The Morgan fingerprint density at radius 3 is 2.24 bits per heavy atom. The van der Waals surface area contributed by atoms with Crippen molar-refractivity contribution in [3.05, 3.63) is 30.1 Å². The minimum atomic E-state index is -0.302. The fourth-order valence-corrected chi connectivity index (χ4v) is 1.80. The van der Waals surface area contributed by atoms with Crippen LogP contribution in [-0.2, 0) is 0 Å². The predicted molar refractivity (Wildman–Crippen MR) is 80.9 cm³/mol. The summed E-state index contributed by atoms with van der Waals surface area (Å²) in [5.41, 5.74) is 3.09. The fraction of sp³-hybridized carbons (Fsp3) is 0.308. The van der Waals surface area contributed by atoms with E-state index in [9.17, 15) is 4.39 Å². The van der Waals surface area contributed by atoms with E-state index in [4.69, 9.17) is 5.84 Å². The summed E-state index contributed by atoms with van der Waals surface area (Å²) in [5.74, 6) is 6.20. The number of hydrogen-bond donors (Lipinski definition) is 3. The number of halogens is 1. The van der Waals surface area contributed by atoms with Crippen molar-refractivity contribution in [3.8, 4) is 0 Å². The molecule has 8 heteroatoms. The number of rotatable bonds is 6. The van der Waals surface area contributed by atoms with Gasteiger partial charge < -0.3 is 10.2 Å². The van der Waals surface area contributed by atoms with E-state index in [0.717, 1.165) is 13.1 Å². The molecule has 0 amide bonds. The molecular formula is C13H18FN7. The third-order valence-corrected chi connectivity index (χ3v) is 2.90. The van der Waals surface area contributed by atoms with Gasteiger partial charge in [-0.2, -0.15) is 15.0 Å². The second-order valence-electron chi connectivity index (χ2n) is 4.23. The van der Waals surface area contributed by atoms with Crippen LogP contribution in [0.5, 0.6) is 0 Å². The van der Waals surface area contributed by atoms with Gasteiger partial charge in [0.1, 0.15) is 5.82 Å². The van der Waals surface area contributed by atoms with Crippen LogP contribution in [0.25, 0.3) is 0 Å². The number of hydrazine groups is 1. The molecule has 0 atom stereocenters. The van der Waals surface area contributed by atoms with Gasteiger partial charge in [0, 0.05) is 18.8 Å². The highest BCUT2D eigenvalue weighted by atomic mass is 19.1. The molecule has 2 aromatic rings. The molecule has 0 fully saturated rings. The molecule has 7 nitrogen and oxygen atoms in total. The van der Waals surface area contributed by atoms with Crippen molar-refractivity contribution >= 4 is 23.5 Å². The van der Waals surface area contributed by atoms with Gasteiger partial charge in [-0.15, -0.1) is 0 Å². The lowest BCUT2D eigenvalue weighted by Crippen LogP contribution is -2.25. The summed E-state index contributed by atoms with van der Waals surface area (Å²) in [5, 5.41) is 3.00. The zero-order chi connectivity index (χ0) is 15.2. The van der Waals surface area contributed by atoms with Crippen LogP contribution in [0.4, 0.5) is 27.9 Å². The molecule has 0 unspecified atom stereocenters. The SMILES string of the molecule is CCN(CC)c1nc(NN)nc(Nc2ccc(F)cc2)n1. The van der Waals surface area contributed by atoms with Crippen molar-refractivity contribution in [1.29, 1.82) is 0 Å². The zero-order valence-corrected chi connectivity index (χ0v) is 12.0. The number of nitrogens with zero attached hydrogens (tertiary/aromatic N) is 4. The van der Waals surface area contributed by atoms with Crippen molar-refractivity contribution in [2.45, 2.75) is 13.8 Å². The van der Waals surface area contributed by atoms with Crippen LogP contribution in [0.15, 0.2) is 24.3 Å². The van der Waals surface area contributed by atoms with Gasteiger partial charge in [0.2, 0.25) is 17.8 Å². The molecule has 112 valence electrons. The molecule has 0 spiro atoms. The molecule has 21 heavy (non-hydrogen) atoms. The smallest absolute Gasteiger partial charge is 0.243 e. The lowest BCUT2D eigenvalue weighted by molar-refractivity contribution is 0.628. The Labute approximate surface area is 122 Å². The lowest BCUT2D eigenvalue weighted by atomic mass is 10.3. The number of anilines is 4. The van der Waals surface area contributed by atoms with Gasteiger partial charge in [-0.3, -0.25) is 5.43 Å². The van der Waals surface area contributed by atoms with E-state index in [1.165, 1.54) is 12.1 Å². The van der Waals surface area contributed by atoms with E-state index in [0.29, 0.717) is 17.6 Å². The Balaban J connectivity index is 2.29. The summed E-state index contributed by atoms with van der Waals surface area (Å²) in [6.07, 6.45) is 0. The van der Waals surface area contributed by atoms with Gasteiger partial charge in [-0.25, -0.2) is 10.2 Å². The first-order valence-corrected chi connectivity index (χ1v) is 6.66. The van der Waals surface area contributed by atoms with Gasteiger partial charge in [0.05, 0.1) is 0 Å². The number of nitrogen functional groups attached to an aromatic ring is 1. The number of benzene rings is 1. The van der Waals surface area contributed by atoms with Crippen LogP contribution in [0.2, 0.25) is 0 Å². The maximum absolute atomic E-state index is 12.9. The number of aromatic nitrogens is 3. The molecule has 4 N–H and O–H groups in total. The second kappa shape index (κ2) is 6.80. The van der Waals surface area contributed by atoms with Crippen LogP contribution in [0.3, 0.4) is 0 Å². The number of nitrogens with one attached hydrogen (secondary N) is 2. The highest BCUT2D eigenvalue weighted by Crippen LogP contribution is 2.17. The molecule has 1 aromatic carbocycles. The van der Waals surface area contributed by atoms with Crippen LogP contribution in [-0.4, -0.2) is 28.0 Å². The van der Waals surface area contributed by atoms with Gasteiger partial charge in [0.25, 0.3) is 0 Å². The first-order valence-electron chi connectivity index (χ1n) is 6.66. The lowest BCUT2D eigenvalue weighted by Gasteiger charge is -2.19. The number of nitrogens with two attached hydrogens (primary N) is 1. The average Bonchev–Trinajstić information content (AvgIpc) is 2.50. The third kappa shape index (κ3) is 3.76. The first kappa shape index (κ1) is 14.9. The minimum Gasteiger partial charge on any atom is -0.341 e. The van der Waals surface area contributed by atoms with Gasteiger partial charge in [-0.1, -0.05) is 0 Å². The monoisotopic (exact) mass is 291 g/mol. The summed E-state index contributed by atoms with van der Waals surface area (Å²) in [6, 6.07) is 5.92. The zero-order valence-electron chi connectivity index (χ0n) is 12.0. The average molecular weight is 291 g/mol. The maximum atomic E-state index is 12.9. The summed E-state index contributed by atoms with van der Waals surface area (Å²) in [7, 11) is 0.